The van der Waals surface area contributed by atoms with Crippen LogP contribution < -0.4 is 0 Å². The van der Waals surface area contributed by atoms with Crippen LogP contribution in [0.5, 0.6) is 0 Å². The minimum absolute atomic E-state index is 0.145. The third-order valence-electron chi connectivity index (χ3n) is 1.71. The lowest BCUT2D eigenvalue weighted by atomic mass is 10.2. The van der Waals surface area contributed by atoms with Crippen LogP contribution in [-0.2, 0) is 14.3 Å². The molecule has 5 nitrogen and oxygen atoms in total. The molecule has 3 atom stereocenters. The summed E-state index contributed by atoms with van der Waals surface area (Å²) in [6.07, 6.45) is -1.93. The second-order valence-corrected chi connectivity index (χ2v) is 2.63. The van der Waals surface area contributed by atoms with E-state index in [1.165, 1.54) is 0 Å². The molecule has 1 saturated heterocycles. The van der Waals surface area contributed by atoms with Gasteiger partial charge in [-0.3, -0.25) is 0 Å². The van der Waals surface area contributed by atoms with E-state index in [-0.39, 0.29) is 12.9 Å². The fourth-order valence-electron chi connectivity index (χ4n) is 1.01. The van der Waals surface area contributed by atoms with Gasteiger partial charge in [-0.2, -0.15) is 0 Å². The SMILES string of the molecule is CCC1OC[C@@H](C(O)C(=O)O)O1. The average Bonchev–Trinajstić information content (AvgIpc) is 2.50. The number of aliphatic hydroxyl groups is 1. The molecule has 70 valence electrons. The van der Waals surface area contributed by atoms with Gasteiger partial charge in [0.25, 0.3) is 0 Å². The van der Waals surface area contributed by atoms with Gasteiger partial charge in [-0.05, 0) is 6.42 Å². The highest BCUT2D eigenvalue weighted by molar-refractivity contribution is 5.72. The molecule has 1 aliphatic rings. The van der Waals surface area contributed by atoms with Crippen molar-refractivity contribution in [1.29, 1.82) is 0 Å². The minimum atomic E-state index is -1.48. The van der Waals surface area contributed by atoms with Gasteiger partial charge in [0, 0.05) is 0 Å². The molecule has 0 saturated carbocycles. The first kappa shape index (κ1) is 9.44. The van der Waals surface area contributed by atoms with Crippen LogP contribution >= 0.6 is 0 Å². The summed E-state index contributed by atoms with van der Waals surface area (Å²) in [4.78, 5) is 10.3. The number of aliphatic hydroxyl groups excluding tert-OH is 1. The highest BCUT2D eigenvalue weighted by Crippen LogP contribution is 2.16. The van der Waals surface area contributed by atoms with Gasteiger partial charge in [-0.1, -0.05) is 6.92 Å². The predicted octanol–water partition coefficient (Wildman–Crippen LogP) is -0.417. The molecule has 0 bridgehead atoms. The van der Waals surface area contributed by atoms with Crippen LogP contribution in [0.4, 0.5) is 0 Å². The molecular formula is C7H12O5. The van der Waals surface area contributed by atoms with Crippen LogP contribution in [0.3, 0.4) is 0 Å². The van der Waals surface area contributed by atoms with Crippen molar-refractivity contribution in [3.05, 3.63) is 0 Å². The van der Waals surface area contributed by atoms with E-state index in [2.05, 4.69) is 0 Å². The zero-order valence-electron chi connectivity index (χ0n) is 6.77. The molecule has 5 heteroatoms. The molecule has 1 aliphatic heterocycles. The topological polar surface area (TPSA) is 76.0 Å². The van der Waals surface area contributed by atoms with Crippen molar-refractivity contribution in [2.45, 2.75) is 31.8 Å². The Kier molecular flexibility index (Phi) is 3.02. The number of rotatable bonds is 3. The summed E-state index contributed by atoms with van der Waals surface area (Å²) < 4.78 is 10.1. The lowest BCUT2D eigenvalue weighted by molar-refractivity contribution is -0.155. The molecule has 0 radical (unpaired) electrons. The molecule has 0 aliphatic carbocycles. The number of ether oxygens (including phenoxy) is 2. The Labute approximate surface area is 69.9 Å². The van der Waals surface area contributed by atoms with Crippen LogP contribution in [0, 0.1) is 0 Å². The number of aliphatic carboxylic acids is 1. The highest BCUT2D eigenvalue weighted by Gasteiger charge is 2.34. The van der Waals surface area contributed by atoms with Gasteiger partial charge in [0.2, 0.25) is 0 Å². The summed E-state index contributed by atoms with van der Waals surface area (Å²) in [5.41, 5.74) is 0. The molecule has 0 spiro atoms. The molecule has 1 rings (SSSR count). The van der Waals surface area contributed by atoms with E-state index >= 15 is 0 Å². The summed E-state index contributed by atoms with van der Waals surface area (Å²) in [6, 6.07) is 0. The van der Waals surface area contributed by atoms with Crippen molar-refractivity contribution in [3.63, 3.8) is 0 Å². The summed E-state index contributed by atoms with van der Waals surface area (Å²) >= 11 is 0. The smallest absolute Gasteiger partial charge is 0.335 e. The predicted molar refractivity (Wildman–Crippen MR) is 38.5 cm³/mol. The zero-order valence-corrected chi connectivity index (χ0v) is 6.77. The second kappa shape index (κ2) is 3.84. The van der Waals surface area contributed by atoms with Gasteiger partial charge in [0.05, 0.1) is 6.61 Å². The van der Waals surface area contributed by atoms with E-state index in [1.807, 2.05) is 6.92 Å². The summed E-state index contributed by atoms with van der Waals surface area (Å²) in [5.74, 6) is -1.28. The van der Waals surface area contributed by atoms with Crippen molar-refractivity contribution in [1.82, 2.24) is 0 Å². The van der Waals surface area contributed by atoms with Crippen LogP contribution in [0.15, 0.2) is 0 Å². The van der Waals surface area contributed by atoms with Gasteiger partial charge in [0.1, 0.15) is 6.10 Å². The molecule has 0 aromatic carbocycles. The second-order valence-electron chi connectivity index (χ2n) is 2.63. The van der Waals surface area contributed by atoms with Gasteiger partial charge >= 0.3 is 5.97 Å². The highest BCUT2D eigenvalue weighted by atomic mass is 16.7. The van der Waals surface area contributed by atoms with Crippen LogP contribution in [0.2, 0.25) is 0 Å². The van der Waals surface area contributed by atoms with E-state index in [0.29, 0.717) is 6.42 Å². The van der Waals surface area contributed by atoms with Crippen molar-refractivity contribution < 1.29 is 24.5 Å². The van der Waals surface area contributed by atoms with Gasteiger partial charge < -0.3 is 19.7 Å². The van der Waals surface area contributed by atoms with Gasteiger partial charge in [-0.25, -0.2) is 4.79 Å². The first-order chi connectivity index (χ1) is 5.65. The van der Waals surface area contributed by atoms with E-state index in [0.717, 1.165) is 0 Å². The number of hydrogen-bond donors (Lipinski definition) is 2. The fourth-order valence-corrected chi connectivity index (χ4v) is 1.01. The Morgan fingerprint density at radius 2 is 2.42 bits per heavy atom. The molecule has 1 heterocycles. The van der Waals surface area contributed by atoms with Gasteiger partial charge in [0.15, 0.2) is 12.4 Å². The Balaban J connectivity index is 2.41. The molecular weight excluding hydrogens is 164 g/mol. The van der Waals surface area contributed by atoms with Crippen molar-refractivity contribution in [2.24, 2.45) is 0 Å². The molecule has 12 heavy (non-hydrogen) atoms. The number of hydrogen-bond acceptors (Lipinski definition) is 4. The maximum atomic E-state index is 10.3. The van der Waals surface area contributed by atoms with Crippen molar-refractivity contribution in [3.8, 4) is 0 Å². The maximum absolute atomic E-state index is 10.3. The summed E-state index contributed by atoms with van der Waals surface area (Å²) in [5, 5.41) is 17.5. The average molecular weight is 176 g/mol. The van der Waals surface area contributed by atoms with Gasteiger partial charge in [-0.15, -0.1) is 0 Å². The monoisotopic (exact) mass is 176 g/mol. The normalized spacial score (nSPS) is 31.8. The third-order valence-corrected chi connectivity index (χ3v) is 1.71. The maximum Gasteiger partial charge on any atom is 0.335 e. The molecule has 0 amide bonds. The van der Waals surface area contributed by atoms with Crippen LogP contribution in [0.25, 0.3) is 0 Å². The van der Waals surface area contributed by atoms with E-state index in [1.54, 1.807) is 0 Å². The fraction of sp³-hybridized carbons (Fsp3) is 0.857. The number of carbonyl (C=O) groups is 1. The Bertz CT molecular complexity index is 169. The quantitative estimate of drug-likeness (QED) is 0.611. The molecule has 2 unspecified atom stereocenters. The summed E-state index contributed by atoms with van der Waals surface area (Å²) in [6.45, 7) is 2.01. The lowest BCUT2D eigenvalue weighted by Gasteiger charge is -2.12. The first-order valence-electron chi connectivity index (χ1n) is 3.83. The molecule has 0 aromatic rings. The van der Waals surface area contributed by atoms with E-state index in [9.17, 15) is 4.79 Å². The number of carboxylic acids is 1. The standard InChI is InChI=1S/C7H12O5/c1-2-5-11-3-4(12-5)6(8)7(9)10/h4-6,8H,2-3H2,1H3,(H,9,10)/t4-,5?,6?/m0/s1. The van der Waals surface area contributed by atoms with E-state index in [4.69, 9.17) is 19.7 Å². The van der Waals surface area contributed by atoms with E-state index < -0.39 is 18.2 Å². The Morgan fingerprint density at radius 1 is 1.75 bits per heavy atom. The van der Waals surface area contributed by atoms with Crippen LogP contribution in [0.1, 0.15) is 13.3 Å². The molecule has 0 aromatic heterocycles. The number of carboxylic acid groups (broad SMARTS) is 1. The zero-order chi connectivity index (χ0) is 9.14. The summed E-state index contributed by atoms with van der Waals surface area (Å²) in [7, 11) is 0. The lowest BCUT2D eigenvalue weighted by Crippen LogP contribution is -2.35. The Hall–Kier alpha value is -0.650. The third kappa shape index (κ3) is 1.94. The Morgan fingerprint density at radius 3 is 2.83 bits per heavy atom. The largest absolute Gasteiger partial charge is 0.479 e. The van der Waals surface area contributed by atoms with Crippen LogP contribution in [-0.4, -0.2) is 41.3 Å². The first-order valence-corrected chi connectivity index (χ1v) is 3.83. The minimum Gasteiger partial charge on any atom is -0.479 e. The molecule has 1 fully saturated rings. The van der Waals surface area contributed by atoms with Crippen molar-refractivity contribution >= 4 is 5.97 Å². The molecule has 2 N–H and O–H groups in total. The van der Waals surface area contributed by atoms with Crippen molar-refractivity contribution in [2.75, 3.05) is 6.61 Å².